The van der Waals surface area contributed by atoms with Gasteiger partial charge >= 0.3 is 20.4 Å². The number of dihydropyridines is 1. The van der Waals surface area contributed by atoms with Crippen molar-refractivity contribution in [2.24, 2.45) is 10.9 Å². The van der Waals surface area contributed by atoms with Crippen LogP contribution in [0.4, 0.5) is 0 Å². The Kier molecular flexibility index (Phi) is 23.3. The number of carbonyl (C=O) groups is 1. The van der Waals surface area contributed by atoms with Gasteiger partial charge in [-0.05, 0) is 115 Å². The van der Waals surface area contributed by atoms with Crippen LogP contribution in [-0.2, 0) is 25.2 Å². The molecule has 4 saturated carbocycles. The van der Waals surface area contributed by atoms with Crippen molar-refractivity contribution in [3.05, 3.63) is 29.2 Å². The summed E-state index contributed by atoms with van der Waals surface area (Å²) in [6, 6.07) is 0. The van der Waals surface area contributed by atoms with E-state index in [-0.39, 0.29) is 54.0 Å². The zero-order valence-corrected chi connectivity index (χ0v) is 35.5. The number of aliphatic imine (C=N–C) groups is 1. The fraction of sp³-hybridized carbons (Fsp3) is 0.854. The van der Waals surface area contributed by atoms with Crippen molar-refractivity contribution in [1.82, 2.24) is 10.6 Å². The summed E-state index contributed by atoms with van der Waals surface area (Å²) in [5.41, 5.74) is 5.50. The molecule has 2 heterocycles. The van der Waals surface area contributed by atoms with Gasteiger partial charge in [-0.25, -0.2) is 0 Å². The van der Waals surface area contributed by atoms with Crippen molar-refractivity contribution in [3.63, 3.8) is 0 Å². The normalized spacial score (nSPS) is 24.5. The van der Waals surface area contributed by atoms with Crippen LogP contribution in [0.15, 0.2) is 28.9 Å². The number of piperidine rings is 1. The quantitative estimate of drug-likeness (QED) is 0.0998. The molecule has 4 aliphatic carbocycles. The zero-order valence-electron chi connectivity index (χ0n) is 31.9. The second-order valence-electron chi connectivity index (χ2n) is 15.9. The van der Waals surface area contributed by atoms with E-state index in [2.05, 4.69) is 20.9 Å². The summed E-state index contributed by atoms with van der Waals surface area (Å²) in [6.07, 6.45) is 44.4. The number of nitrogens with zero attached hydrogens (tertiary/aromatic N) is 2. The first-order valence-corrected chi connectivity index (χ1v) is 24.6. The minimum absolute atomic E-state index is 0. The summed E-state index contributed by atoms with van der Waals surface area (Å²) >= 11 is 0. The van der Waals surface area contributed by atoms with Gasteiger partial charge in [0, 0.05) is 60.6 Å². The molecule has 1 unspecified atom stereocenters. The van der Waals surface area contributed by atoms with Gasteiger partial charge in [0.05, 0.1) is 35.0 Å². The number of carbonyl (C=O) groups excluding carboxylic acids is 1. The number of hydrogen-bond donors (Lipinski definition) is 2. The Bertz CT molecular complexity index is 921. The maximum atomic E-state index is 11.0. The summed E-state index contributed by atoms with van der Waals surface area (Å²) in [6.45, 7) is 2.45. The third kappa shape index (κ3) is 15.6. The fourth-order valence-electron chi connectivity index (χ4n) is 9.81. The second kappa shape index (κ2) is 26.5. The molecule has 0 radical (unpaired) electrons. The predicted molar refractivity (Wildman–Crippen MR) is 217 cm³/mol. The summed E-state index contributed by atoms with van der Waals surface area (Å²) in [4.78, 5) is 14.5. The topological polar surface area (TPSA) is 90.7 Å². The zero-order chi connectivity index (χ0) is 34.5. The van der Waals surface area contributed by atoms with Crippen LogP contribution in [0.2, 0.25) is 0 Å². The van der Waals surface area contributed by atoms with Crippen LogP contribution in [0, 0.1) is 5.92 Å². The Balaban J connectivity index is 0.000000263. The minimum atomic E-state index is -0.177. The molecule has 2 aliphatic heterocycles. The SMILES string of the molecule is C1CCC([PH+](CCC[PH+](C2CCCCC2)C2CCCCC2)C2CCCCC2)CC1.CN=C([O-])C1=CNCC=C1.CNC(=O)C1CCC[N-]C1.[Pd+2]. The van der Waals surface area contributed by atoms with E-state index in [4.69, 9.17) is 0 Å². The van der Waals surface area contributed by atoms with E-state index in [1.807, 2.05) is 6.08 Å². The molecular formula is C41H74N4O2P2Pd+2. The van der Waals surface area contributed by atoms with E-state index in [1.54, 1.807) is 166 Å². The average Bonchev–Trinajstić information content (AvgIpc) is 3.20. The molecule has 6 rings (SSSR count). The number of hydrogen-bond acceptors (Lipinski definition) is 4. The molecule has 1 saturated heterocycles. The first-order chi connectivity index (χ1) is 24.1. The third-order valence-electron chi connectivity index (χ3n) is 12.5. The van der Waals surface area contributed by atoms with Crippen LogP contribution in [0.1, 0.15) is 148 Å². The third-order valence-corrected chi connectivity index (χ3v) is 20.9. The van der Waals surface area contributed by atoms with Gasteiger partial charge in [0.15, 0.2) is 0 Å². The summed E-state index contributed by atoms with van der Waals surface area (Å²) in [7, 11) is 3.00. The van der Waals surface area contributed by atoms with Crippen molar-refractivity contribution < 1.29 is 30.3 Å². The van der Waals surface area contributed by atoms with Crippen LogP contribution >= 0.6 is 15.8 Å². The Morgan fingerprint density at radius 2 is 1.24 bits per heavy atom. The first-order valence-electron chi connectivity index (χ1n) is 20.9. The molecule has 288 valence electrons. The van der Waals surface area contributed by atoms with Crippen molar-refractivity contribution in [3.8, 4) is 0 Å². The van der Waals surface area contributed by atoms with Crippen molar-refractivity contribution in [1.29, 1.82) is 0 Å². The van der Waals surface area contributed by atoms with Gasteiger partial charge in [-0.3, -0.25) is 4.79 Å². The van der Waals surface area contributed by atoms with E-state index >= 15 is 0 Å². The Morgan fingerprint density at radius 3 is 1.58 bits per heavy atom. The predicted octanol–water partition coefficient (Wildman–Crippen LogP) is 9.07. The summed E-state index contributed by atoms with van der Waals surface area (Å²) in [5.74, 6) is 0.116. The average molecular weight is 823 g/mol. The molecule has 1 atom stereocenters. The molecular weight excluding hydrogens is 749 g/mol. The van der Waals surface area contributed by atoms with Crippen LogP contribution in [0.3, 0.4) is 0 Å². The van der Waals surface area contributed by atoms with E-state index in [1.165, 1.54) is 29.7 Å². The molecule has 5 fully saturated rings. The van der Waals surface area contributed by atoms with Crippen LogP contribution in [0.5, 0.6) is 0 Å². The van der Waals surface area contributed by atoms with Gasteiger partial charge in [0.1, 0.15) is 0 Å². The minimum Gasteiger partial charge on any atom is -0.858 e. The molecule has 1 amide bonds. The van der Waals surface area contributed by atoms with Gasteiger partial charge < -0.3 is 26.0 Å². The van der Waals surface area contributed by atoms with Crippen LogP contribution in [0.25, 0.3) is 5.32 Å². The first kappa shape index (κ1) is 44.1. The Labute approximate surface area is 323 Å². The van der Waals surface area contributed by atoms with Crippen LogP contribution < -0.4 is 15.7 Å². The molecule has 0 aromatic heterocycles. The molecule has 2 N–H and O–H groups in total. The Morgan fingerprint density at radius 1 is 0.780 bits per heavy atom. The van der Waals surface area contributed by atoms with Gasteiger partial charge in [-0.1, -0.05) is 44.3 Å². The molecule has 9 heteroatoms. The molecule has 0 aromatic carbocycles. The second-order valence-corrected chi connectivity index (χ2v) is 22.4. The molecule has 6 nitrogen and oxygen atoms in total. The summed E-state index contributed by atoms with van der Waals surface area (Å²) in [5, 5.41) is 20.6. The number of amides is 1. The van der Waals surface area contributed by atoms with Gasteiger partial charge in [0.25, 0.3) is 0 Å². The van der Waals surface area contributed by atoms with Gasteiger partial charge in [-0.2, -0.15) is 0 Å². The summed E-state index contributed by atoms with van der Waals surface area (Å²) < 4.78 is 0. The Hall–Kier alpha value is -0.298. The van der Waals surface area contributed by atoms with Crippen LogP contribution in [-0.4, -0.2) is 80.5 Å². The smallest absolute Gasteiger partial charge is 0.858 e. The number of nitrogens with one attached hydrogen (secondary N) is 2. The monoisotopic (exact) mass is 822 g/mol. The standard InChI is InChI=1S/C27H50P2.C7H13N2O.C7H10N2O.Pd/c1-5-14-24(15-6-1)28(25-16-7-2-8-17-25)22-13-23-29(26-18-9-3-10-19-26)27-20-11-4-12-21-27;2*1-8-7(10)6-3-2-4-9-5-6;/h24-27H,1-23H2;6H,2-5H2,1H3,(H,8,10);2-3,5,9H,4H2,1H3,(H,8,10);/q;-1;;+2/p+1. The van der Waals surface area contributed by atoms with E-state index in [0.29, 0.717) is 5.57 Å². The maximum absolute atomic E-state index is 11.0. The maximum Gasteiger partial charge on any atom is 2.00 e. The molecule has 0 bridgehead atoms. The number of rotatable bonds is 10. The van der Waals surface area contributed by atoms with Crippen molar-refractivity contribution in [2.45, 2.75) is 170 Å². The van der Waals surface area contributed by atoms with Gasteiger partial charge in [0.2, 0.25) is 5.91 Å². The molecule has 50 heavy (non-hydrogen) atoms. The molecule has 6 aliphatic rings. The van der Waals surface area contributed by atoms with Gasteiger partial charge in [-0.15, -0.1) is 13.1 Å². The fourth-order valence-corrected chi connectivity index (χ4v) is 18.9. The van der Waals surface area contributed by atoms with Crippen molar-refractivity contribution in [2.75, 3.05) is 46.1 Å². The van der Waals surface area contributed by atoms with E-state index < -0.39 is 0 Å². The van der Waals surface area contributed by atoms with Crippen molar-refractivity contribution >= 4 is 27.6 Å². The molecule has 0 aromatic rings. The largest absolute Gasteiger partial charge is 2.00 e. The molecule has 0 spiro atoms. The van der Waals surface area contributed by atoms with E-state index in [9.17, 15) is 9.90 Å². The van der Waals surface area contributed by atoms with E-state index in [0.717, 1.165) is 32.5 Å².